The zero-order chi connectivity index (χ0) is 12.8. The molecule has 0 aromatic carbocycles. The minimum absolute atomic E-state index is 0.0853. The van der Waals surface area contributed by atoms with Crippen LogP contribution in [-0.2, 0) is 13.1 Å². The van der Waals surface area contributed by atoms with Crippen LogP contribution in [0.25, 0.3) is 10.4 Å². The van der Waals surface area contributed by atoms with Gasteiger partial charge in [-0.15, -0.1) is 0 Å². The Morgan fingerprint density at radius 3 is 3.00 bits per heavy atom. The Kier molecular flexibility index (Phi) is 3.68. The molecule has 2 rings (SSSR count). The highest BCUT2D eigenvalue weighted by atomic mass is 16.4. The number of carbonyl (C=O) groups is 1. The van der Waals surface area contributed by atoms with Crippen molar-refractivity contribution in [3.8, 4) is 0 Å². The van der Waals surface area contributed by atoms with Gasteiger partial charge in [-0.25, -0.2) is 0 Å². The highest BCUT2D eigenvalue weighted by molar-refractivity contribution is 5.91. The fraction of sp³-hybridized carbons (Fsp3) is 0.182. The average Bonchev–Trinajstić information content (AvgIpc) is 3.04. The second-order valence-electron chi connectivity index (χ2n) is 3.42. The van der Waals surface area contributed by atoms with Crippen LogP contribution in [-0.4, -0.2) is 5.91 Å². The summed E-state index contributed by atoms with van der Waals surface area (Å²) in [5, 5.41) is 5.98. The van der Waals surface area contributed by atoms with Gasteiger partial charge in [0.2, 0.25) is 0 Å². The van der Waals surface area contributed by atoms with Gasteiger partial charge < -0.3 is 14.2 Å². The lowest BCUT2D eigenvalue weighted by atomic mass is 10.4. The van der Waals surface area contributed by atoms with Crippen molar-refractivity contribution in [3.05, 3.63) is 58.3 Å². The number of carbonyl (C=O) groups excluding carboxylic acids is 1. The molecule has 0 radical (unpaired) electrons. The summed E-state index contributed by atoms with van der Waals surface area (Å²) in [6, 6.07) is 6.62. The highest BCUT2D eigenvalue weighted by Crippen LogP contribution is 2.09. The number of hydrogen-bond acceptors (Lipinski definition) is 4. The van der Waals surface area contributed by atoms with Gasteiger partial charge in [0, 0.05) is 4.91 Å². The van der Waals surface area contributed by atoms with Crippen molar-refractivity contribution in [2.24, 2.45) is 5.11 Å². The van der Waals surface area contributed by atoms with Crippen molar-refractivity contribution in [3.63, 3.8) is 0 Å². The van der Waals surface area contributed by atoms with Gasteiger partial charge in [0.25, 0.3) is 5.91 Å². The van der Waals surface area contributed by atoms with Crippen molar-refractivity contribution in [1.82, 2.24) is 5.32 Å². The zero-order valence-corrected chi connectivity index (χ0v) is 9.37. The molecule has 0 spiro atoms. The Labute approximate surface area is 102 Å². The second-order valence-corrected chi connectivity index (χ2v) is 3.42. The molecule has 0 aliphatic rings. The molecule has 0 saturated heterocycles. The third-order valence-electron chi connectivity index (χ3n) is 2.18. The number of furan rings is 2. The molecule has 0 fully saturated rings. The molecule has 2 aromatic heterocycles. The molecule has 1 amide bonds. The first-order chi connectivity index (χ1) is 8.79. The third-order valence-corrected chi connectivity index (χ3v) is 2.18. The summed E-state index contributed by atoms with van der Waals surface area (Å²) in [5.41, 5.74) is 8.16. The topological polar surface area (TPSA) is 104 Å². The van der Waals surface area contributed by atoms with Crippen LogP contribution in [0.2, 0.25) is 0 Å². The summed E-state index contributed by atoms with van der Waals surface area (Å²) in [5.74, 6) is 0.920. The molecular formula is C11H10N4O3. The van der Waals surface area contributed by atoms with Crippen LogP contribution >= 0.6 is 0 Å². The number of hydrogen-bond donors (Lipinski definition) is 1. The van der Waals surface area contributed by atoms with E-state index in [1.54, 1.807) is 18.2 Å². The normalized spacial score (nSPS) is 9.78. The highest BCUT2D eigenvalue weighted by Gasteiger charge is 2.10. The van der Waals surface area contributed by atoms with E-state index in [0.29, 0.717) is 11.5 Å². The first-order valence-electron chi connectivity index (χ1n) is 5.20. The van der Waals surface area contributed by atoms with Crippen LogP contribution in [0.15, 0.2) is 44.5 Å². The Morgan fingerprint density at radius 2 is 2.28 bits per heavy atom. The average molecular weight is 246 g/mol. The summed E-state index contributed by atoms with van der Waals surface area (Å²) in [6.45, 7) is 0.375. The second kappa shape index (κ2) is 5.60. The van der Waals surface area contributed by atoms with E-state index in [0.717, 1.165) is 0 Å². The Bertz CT molecular complexity index is 567. The van der Waals surface area contributed by atoms with Crippen LogP contribution in [0.3, 0.4) is 0 Å². The van der Waals surface area contributed by atoms with Crippen molar-refractivity contribution in [2.75, 3.05) is 0 Å². The Balaban J connectivity index is 1.92. The molecule has 1 N–H and O–H groups in total. The molecular weight excluding hydrogens is 236 g/mol. The van der Waals surface area contributed by atoms with Crippen molar-refractivity contribution >= 4 is 5.91 Å². The zero-order valence-electron chi connectivity index (χ0n) is 9.37. The largest absolute Gasteiger partial charge is 0.467 e. The van der Waals surface area contributed by atoms with Crippen molar-refractivity contribution in [1.29, 1.82) is 0 Å². The number of azide groups is 1. The molecule has 0 aliphatic carbocycles. The fourth-order valence-electron chi connectivity index (χ4n) is 1.35. The van der Waals surface area contributed by atoms with Gasteiger partial charge in [-0.1, -0.05) is 5.11 Å². The molecule has 7 nitrogen and oxygen atoms in total. The third kappa shape index (κ3) is 2.93. The van der Waals surface area contributed by atoms with E-state index in [4.69, 9.17) is 14.4 Å². The summed E-state index contributed by atoms with van der Waals surface area (Å²) in [4.78, 5) is 14.3. The summed E-state index contributed by atoms with van der Waals surface area (Å²) in [7, 11) is 0. The van der Waals surface area contributed by atoms with E-state index < -0.39 is 0 Å². The van der Waals surface area contributed by atoms with E-state index in [-0.39, 0.29) is 24.8 Å². The summed E-state index contributed by atoms with van der Waals surface area (Å²) < 4.78 is 10.3. The lowest BCUT2D eigenvalue weighted by Gasteiger charge is -1.99. The van der Waals surface area contributed by atoms with Crippen LogP contribution in [0.5, 0.6) is 0 Å². The lowest BCUT2D eigenvalue weighted by molar-refractivity contribution is 0.0918. The number of nitrogens with one attached hydrogen (secondary N) is 1. The van der Waals surface area contributed by atoms with Gasteiger partial charge in [0.15, 0.2) is 5.76 Å². The summed E-state index contributed by atoms with van der Waals surface area (Å²) in [6.07, 6.45) is 1.53. The smallest absolute Gasteiger partial charge is 0.287 e. The molecule has 2 aromatic rings. The fourth-order valence-corrected chi connectivity index (χ4v) is 1.35. The Hall–Kier alpha value is -2.66. The predicted molar refractivity (Wildman–Crippen MR) is 61.4 cm³/mol. The SMILES string of the molecule is [N-]=[N+]=NCc1ccc(C(=O)NCc2ccco2)o1. The maximum Gasteiger partial charge on any atom is 0.287 e. The van der Waals surface area contributed by atoms with Crippen molar-refractivity contribution < 1.29 is 13.6 Å². The van der Waals surface area contributed by atoms with E-state index in [2.05, 4.69) is 15.3 Å². The van der Waals surface area contributed by atoms with Gasteiger partial charge in [-0.3, -0.25) is 4.79 Å². The van der Waals surface area contributed by atoms with Gasteiger partial charge in [-0.2, -0.15) is 0 Å². The number of rotatable bonds is 5. The quantitative estimate of drug-likeness (QED) is 0.498. The van der Waals surface area contributed by atoms with Gasteiger partial charge in [0.1, 0.15) is 11.5 Å². The molecule has 0 aliphatic heterocycles. The van der Waals surface area contributed by atoms with Gasteiger partial charge >= 0.3 is 0 Å². The van der Waals surface area contributed by atoms with Crippen LogP contribution in [0.1, 0.15) is 22.1 Å². The maximum atomic E-state index is 11.7. The number of nitrogens with zero attached hydrogens (tertiary/aromatic N) is 3. The molecule has 0 atom stereocenters. The maximum absolute atomic E-state index is 11.7. The first-order valence-corrected chi connectivity index (χ1v) is 5.20. The van der Waals surface area contributed by atoms with Gasteiger partial charge in [-0.05, 0) is 29.8 Å². The molecule has 2 heterocycles. The van der Waals surface area contributed by atoms with Crippen LogP contribution in [0.4, 0.5) is 0 Å². The molecule has 18 heavy (non-hydrogen) atoms. The Morgan fingerprint density at radius 1 is 1.39 bits per heavy atom. The van der Waals surface area contributed by atoms with E-state index in [9.17, 15) is 4.79 Å². The molecule has 92 valence electrons. The summed E-state index contributed by atoms with van der Waals surface area (Å²) >= 11 is 0. The van der Waals surface area contributed by atoms with E-state index >= 15 is 0 Å². The van der Waals surface area contributed by atoms with E-state index in [1.165, 1.54) is 12.3 Å². The standard InChI is InChI=1S/C11H10N4O3/c12-15-14-7-9-3-4-10(18-9)11(16)13-6-8-2-1-5-17-8/h1-5H,6-7H2,(H,13,16). The van der Waals surface area contributed by atoms with Crippen LogP contribution in [0, 0.1) is 0 Å². The minimum Gasteiger partial charge on any atom is -0.467 e. The number of amides is 1. The monoisotopic (exact) mass is 246 g/mol. The molecule has 0 unspecified atom stereocenters. The first kappa shape index (κ1) is 11.8. The van der Waals surface area contributed by atoms with Gasteiger partial charge in [0.05, 0.1) is 19.4 Å². The van der Waals surface area contributed by atoms with E-state index in [1.807, 2.05) is 0 Å². The molecule has 0 saturated carbocycles. The minimum atomic E-state index is -0.349. The van der Waals surface area contributed by atoms with Crippen molar-refractivity contribution in [2.45, 2.75) is 13.1 Å². The molecule has 0 bridgehead atoms. The molecule has 7 heteroatoms. The lowest BCUT2D eigenvalue weighted by Crippen LogP contribution is -2.21. The van der Waals surface area contributed by atoms with Crippen LogP contribution < -0.4 is 5.32 Å². The predicted octanol–water partition coefficient (Wildman–Crippen LogP) is 2.61.